The van der Waals surface area contributed by atoms with Crippen molar-refractivity contribution in [1.29, 1.82) is 0 Å². The molecule has 1 N–H and O–H groups in total. The van der Waals surface area contributed by atoms with Crippen LogP contribution in [-0.4, -0.2) is 43.3 Å². The van der Waals surface area contributed by atoms with E-state index in [2.05, 4.69) is 65.8 Å². The van der Waals surface area contributed by atoms with Gasteiger partial charge in [-0.3, -0.25) is 19.3 Å². The maximum Gasteiger partial charge on any atom is 0.242 e. The quantitative estimate of drug-likeness (QED) is 0.412. The fraction of sp³-hybridized carbons (Fsp3) is 0.364. The topological polar surface area (TPSA) is 73.0 Å². The van der Waals surface area contributed by atoms with Crippen molar-refractivity contribution in [2.75, 3.05) is 35.8 Å². The molecule has 0 fully saturated rings. The largest absolute Gasteiger partial charge is 0.326 e. The van der Waals surface area contributed by atoms with Gasteiger partial charge in [-0.1, -0.05) is 48.5 Å². The number of carbonyl (C=O) groups excluding carboxylic acids is 3. The Morgan fingerprint density at radius 2 is 1.65 bits per heavy atom. The standard InChI is InChI=1S/C33H38N4O3/c1-6-37-27-16-12-23(19-29(27)36(5)31(39)33(2,3)32(37)40)21-35(4)28(18-22-10-8-7-9-11-22)25-14-13-24-15-17-30(38)34-26(24)20-25/h7-14,16,19-20,28H,6,15,17-18,21H2,1-5H3,(H,34,38). The highest BCUT2D eigenvalue weighted by Gasteiger charge is 2.45. The number of benzene rings is 3. The lowest BCUT2D eigenvalue weighted by atomic mass is 9.90. The normalized spacial score (nSPS) is 17.3. The fourth-order valence-electron chi connectivity index (χ4n) is 5.91. The van der Waals surface area contributed by atoms with Crippen LogP contribution in [-0.2, 0) is 33.8 Å². The highest BCUT2D eigenvalue weighted by Crippen LogP contribution is 2.39. The summed E-state index contributed by atoms with van der Waals surface area (Å²) in [6.07, 6.45) is 2.09. The molecule has 3 aromatic carbocycles. The molecule has 0 radical (unpaired) electrons. The van der Waals surface area contributed by atoms with Gasteiger partial charge in [0.2, 0.25) is 17.7 Å². The molecule has 3 aromatic rings. The molecule has 40 heavy (non-hydrogen) atoms. The van der Waals surface area contributed by atoms with E-state index >= 15 is 0 Å². The van der Waals surface area contributed by atoms with E-state index in [0.29, 0.717) is 19.5 Å². The van der Waals surface area contributed by atoms with Gasteiger partial charge in [0.25, 0.3) is 0 Å². The first-order valence-electron chi connectivity index (χ1n) is 14.0. The molecular weight excluding hydrogens is 500 g/mol. The van der Waals surface area contributed by atoms with Crippen molar-refractivity contribution < 1.29 is 14.4 Å². The van der Waals surface area contributed by atoms with E-state index in [9.17, 15) is 14.4 Å². The molecule has 7 heteroatoms. The number of hydrogen-bond donors (Lipinski definition) is 1. The number of anilines is 3. The number of likely N-dealkylation sites (N-methyl/N-ethyl adjacent to an activating group) is 1. The lowest BCUT2D eigenvalue weighted by Gasteiger charge is -2.31. The second-order valence-electron chi connectivity index (χ2n) is 11.4. The van der Waals surface area contributed by atoms with Crippen LogP contribution in [0.2, 0.25) is 0 Å². The van der Waals surface area contributed by atoms with Gasteiger partial charge in [0.15, 0.2) is 0 Å². The summed E-state index contributed by atoms with van der Waals surface area (Å²) in [5, 5.41) is 3.05. The molecule has 0 saturated carbocycles. The molecule has 2 aliphatic heterocycles. The van der Waals surface area contributed by atoms with E-state index in [-0.39, 0.29) is 23.8 Å². The van der Waals surface area contributed by atoms with Crippen LogP contribution in [0.3, 0.4) is 0 Å². The van der Waals surface area contributed by atoms with E-state index < -0.39 is 5.41 Å². The van der Waals surface area contributed by atoms with Crippen LogP contribution in [0, 0.1) is 5.41 Å². The number of rotatable bonds is 7. The number of carbonyl (C=O) groups is 3. The van der Waals surface area contributed by atoms with Crippen molar-refractivity contribution in [3.05, 3.63) is 89.0 Å². The molecular formula is C33H38N4O3. The Kier molecular flexibility index (Phi) is 7.51. The van der Waals surface area contributed by atoms with Crippen molar-refractivity contribution in [1.82, 2.24) is 4.90 Å². The Balaban J connectivity index is 1.48. The monoisotopic (exact) mass is 538 g/mol. The first-order chi connectivity index (χ1) is 19.1. The molecule has 1 unspecified atom stereocenters. The first-order valence-corrected chi connectivity index (χ1v) is 14.0. The molecule has 3 amide bonds. The number of nitrogens with zero attached hydrogens (tertiary/aromatic N) is 3. The summed E-state index contributed by atoms with van der Waals surface area (Å²) in [4.78, 5) is 44.3. The van der Waals surface area contributed by atoms with E-state index in [0.717, 1.165) is 41.0 Å². The zero-order valence-electron chi connectivity index (χ0n) is 24.0. The van der Waals surface area contributed by atoms with Crippen LogP contribution >= 0.6 is 0 Å². The van der Waals surface area contributed by atoms with E-state index in [4.69, 9.17) is 0 Å². The molecule has 0 aliphatic carbocycles. The molecule has 7 nitrogen and oxygen atoms in total. The van der Waals surface area contributed by atoms with Gasteiger partial charge in [0.05, 0.1) is 11.4 Å². The van der Waals surface area contributed by atoms with Crippen molar-refractivity contribution in [3.63, 3.8) is 0 Å². The lowest BCUT2D eigenvalue weighted by Crippen LogP contribution is -2.47. The maximum atomic E-state index is 13.3. The van der Waals surface area contributed by atoms with Gasteiger partial charge in [-0.2, -0.15) is 0 Å². The molecule has 2 aliphatic rings. The van der Waals surface area contributed by atoms with Gasteiger partial charge in [-0.15, -0.1) is 0 Å². The number of fused-ring (bicyclic) bond motifs is 2. The number of nitrogens with one attached hydrogen (secondary N) is 1. The van der Waals surface area contributed by atoms with Gasteiger partial charge in [0, 0.05) is 38.3 Å². The Morgan fingerprint density at radius 1 is 0.900 bits per heavy atom. The first kappa shape index (κ1) is 27.6. The SMILES string of the molecule is CCN1C(=O)C(C)(C)C(=O)N(C)c2cc(CN(C)C(Cc3ccccc3)c3ccc4c(c3)NC(=O)CC4)ccc21. The summed E-state index contributed by atoms with van der Waals surface area (Å²) in [6.45, 7) is 6.47. The highest BCUT2D eigenvalue weighted by atomic mass is 16.2. The van der Waals surface area contributed by atoms with Gasteiger partial charge < -0.3 is 15.1 Å². The number of hydrogen-bond acceptors (Lipinski definition) is 4. The Morgan fingerprint density at radius 3 is 2.38 bits per heavy atom. The minimum Gasteiger partial charge on any atom is -0.326 e. The Hall–Kier alpha value is -3.97. The van der Waals surface area contributed by atoms with Gasteiger partial charge >= 0.3 is 0 Å². The zero-order chi connectivity index (χ0) is 28.6. The molecule has 2 heterocycles. The van der Waals surface area contributed by atoms with Crippen LogP contribution in [0.5, 0.6) is 0 Å². The smallest absolute Gasteiger partial charge is 0.242 e. The number of aryl methyl sites for hydroxylation is 1. The van der Waals surface area contributed by atoms with Crippen molar-refractivity contribution >= 4 is 34.8 Å². The maximum absolute atomic E-state index is 13.3. The van der Waals surface area contributed by atoms with E-state index in [1.807, 2.05) is 25.1 Å². The second kappa shape index (κ2) is 10.9. The van der Waals surface area contributed by atoms with E-state index in [1.165, 1.54) is 11.1 Å². The summed E-state index contributed by atoms with van der Waals surface area (Å²) in [7, 11) is 3.86. The average Bonchev–Trinajstić information content (AvgIpc) is 3.00. The van der Waals surface area contributed by atoms with Crippen molar-refractivity contribution in [2.24, 2.45) is 5.41 Å². The molecule has 0 aromatic heterocycles. The fourth-order valence-corrected chi connectivity index (χ4v) is 5.91. The molecule has 0 bridgehead atoms. The van der Waals surface area contributed by atoms with Crippen molar-refractivity contribution in [3.8, 4) is 0 Å². The van der Waals surface area contributed by atoms with Gasteiger partial charge in [-0.05, 0) is 81.1 Å². The highest BCUT2D eigenvalue weighted by molar-refractivity contribution is 6.19. The summed E-state index contributed by atoms with van der Waals surface area (Å²) in [6, 6.07) is 23.0. The Bertz CT molecular complexity index is 1450. The van der Waals surface area contributed by atoms with Gasteiger partial charge in [-0.25, -0.2) is 0 Å². The van der Waals surface area contributed by atoms with Crippen LogP contribution in [0.15, 0.2) is 66.7 Å². The second-order valence-corrected chi connectivity index (χ2v) is 11.4. The Labute approximate surface area is 236 Å². The van der Waals surface area contributed by atoms with Crippen LogP contribution in [0.25, 0.3) is 0 Å². The predicted molar refractivity (Wildman–Crippen MR) is 159 cm³/mol. The minimum absolute atomic E-state index is 0.0531. The minimum atomic E-state index is -1.14. The summed E-state index contributed by atoms with van der Waals surface area (Å²) < 4.78 is 0. The summed E-state index contributed by atoms with van der Waals surface area (Å²) >= 11 is 0. The van der Waals surface area contributed by atoms with Crippen molar-refractivity contribution in [2.45, 2.75) is 52.6 Å². The summed E-state index contributed by atoms with van der Waals surface area (Å²) in [5.74, 6) is -0.333. The third-order valence-corrected chi connectivity index (χ3v) is 8.28. The molecule has 208 valence electrons. The van der Waals surface area contributed by atoms with Gasteiger partial charge in [0.1, 0.15) is 5.41 Å². The molecule has 0 spiro atoms. The lowest BCUT2D eigenvalue weighted by molar-refractivity contribution is -0.137. The zero-order valence-corrected chi connectivity index (χ0v) is 24.0. The molecule has 5 rings (SSSR count). The third kappa shape index (κ3) is 5.13. The average molecular weight is 539 g/mol. The third-order valence-electron chi connectivity index (χ3n) is 8.28. The van der Waals surface area contributed by atoms with Crippen LogP contribution in [0.4, 0.5) is 17.1 Å². The molecule has 0 saturated heterocycles. The number of amides is 3. The van der Waals surface area contributed by atoms with Crippen LogP contribution < -0.4 is 15.1 Å². The molecule has 1 atom stereocenters. The van der Waals surface area contributed by atoms with Crippen LogP contribution in [0.1, 0.15) is 55.5 Å². The summed E-state index contributed by atoms with van der Waals surface area (Å²) in [5.41, 5.74) is 5.85. The predicted octanol–water partition coefficient (Wildman–Crippen LogP) is 5.34. The van der Waals surface area contributed by atoms with E-state index in [1.54, 1.807) is 30.7 Å².